The van der Waals surface area contributed by atoms with Gasteiger partial charge in [0.1, 0.15) is 5.78 Å². The minimum atomic E-state index is 0.179. The van der Waals surface area contributed by atoms with Crippen molar-refractivity contribution in [3.63, 3.8) is 0 Å². The highest BCUT2D eigenvalue weighted by atomic mass is 16.1. The summed E-state index contributed by atoms with van der Waals surface area (Å²) in [6.45, 7) is 4.08. The minimum Gasteiger partial charge on any atom is -0.300 e. The quantitative estimate of drug-likeness (QED) is 0.637. The molecule has 0 atom stereocenters. The summed E-state index contributed by atoms with van der Waals surface area (Å²) < 4.78 is 1.68. The summed E-state index contributed by atoms with van der Waals surface area (Å²) in [7, 11) is 0. The number of rotatable bonds is 3. The van der Waals surface area contributed by atoms with Crippen LogP contribution in [0.25, 0.3) is 0 Å². The highest BCUT2D eigenvalue weighted by Crippen LogP contribution is 1.92. The fourth-order valence-corrected chi connectivity index (χ4v) is 0.777. The van der Waals surface area contributed by atoms with Crippen molar-refractivity contribution in [1.29, 1.82) is 0 Å². The van der Waals surface area contributed by atoms with Crippen LogP contribution in [0, 0.1) is 6.92 Å². The maximum Gasteiger partial charge on any atom is 0.131 e. The fraction of sp³-hybridized carbons (Fsp3) is 0.571. The van der Waals surface area contributed by atoms with E-state index in [2.05, 4.69) is 10.3 Å². The summed E-state index contributed by atoms with van der Waals surface area (Å²) in [6.07, 6.45) is 2.35. The lowest BCUT2D eigenvalue weighted by molar-refractivity contribution is -0.117. The number of aryl methyl sites for hydroxylation is 2. The molecule has 11 heavy (non-hydrogen) atoms. The Balaban J connectivity index is 2.45. The maximum absolute atomic E-state index is 10.6. The van der Waals surface area contributed by atoms with Crippen LogP contribution in [0.2, 0.25) is 0 Å². The minimum absolute atomic E-state index is 0.179. The Kier molecular flexibility index (Phi) is 2.36. The van der Waals surface area contributed by atoms with Gasteiger partial charge in [0.2, 0.25) is 0 Å². The first-order valence-electron chi connectivity index (χ1n) is 3.54. The molecule has 1 aromatic rings. The molecule has 1 heterocycles. The molecule has 4 nitrogen and oxygen atoms in total. The van der Waals surface area contributed by atoms with E-state index >= 15 is 0 Å². The van der Waals surface area contributed by atoms with E-state index in [9.17, 15) is 4.79 Å². The van der Waals surface area contributed by atoms with Crippen LogP contribution in [-0.2, 0) is 11.3 Å². The monoisotopic (exact) mass is 153 g/mol. The van der Waals surface area contributed by atoms with E-state index in [0.717, 1.165) is 5.69 Å². The van der Waals surface area contributed by atoms with E-state index in [-0.39, 0.29) is 5.78 Å². The molecule has 0 bridgehead atoms. The number of Topliss-reactive ketones (excluding diaryl/α,β-unsaturated/α-hetero) is 1. The number of carbonyl (C=O) groups is 1. The second kappa shape index (κ2) is 3.27. The molecule has 0 unspecified atom stereocenters. The molecule has 0 fully saturated rings. The van der Waals surface area contributed by atoms with E-state index < -0.39 is 0 Å². The van der Waals surface area contributed by atoms with E-state index in [1.54, 1.807) is 11.6 Å². The van der Waals surface area contributed by atoms with Crippen LogP contribution in [0.3, 0.4) is 0 Å². The zero-order valence-corrected chi connectivity index (χ0v) is 6.74. The summed E-state index contributed by atoms with van der Waals surface area (Å²) in [4.78, 5) is 10.6. The molecule has 0 aliphatic carbocycles. The topological polar surface area (TPSA) is 47.8 Å². The molecule has 0 saturated carbocycles. The van der Waals surface area contributed by atoms with Crippen molar-refractivity contribution in [2.24, 2.45) is 0 Å². The lowest BCUT2D eigenvalue weighted by Gasteiger charge is -1.94. The first-order chi connectivity index (χ1) is 5.18. The van der Waals surface area contributed by atoms with Gasteiger partial charge in [-0.25, -0.2) is 0 Å². The predicted molar refractivity (Wildman–Crippen MR) is 40.1 cm³/mol. The molecule has 0 aliphatic heterocycles. The van der Waals surface area contributed by atoms with Gasteiger partial charge in [-0.05, 0) is 13.8 Å². The van der Waals surface area contributed by atoms with Gasteiger partial charge in [-0.3, -0.25) is 9.48 Å². The molecule has 0 aromatic carbocycles. The van der Waals surface area contributed by atoms with Gasteiger partial charge in [0.25, 0.3) is 0 Å². The van der Waals surface area contributed by atoms with Crippen LogP contribution in [-0.4, -0.2) is 20.8 Å². The highest BCUT2D eigenvalue weighted by Gasteiger charge is 1.96. The van der Waals surface area contributed by atoms with Crippen molar-refractivity contribution in [3.8, 4) is 0 Å². The first kappa shape index (κ1) is 7.91. The van der Waals surface area contributed by atoms with E-state index in [0.29, 0.717) is 13.0 Å². The molecule has 1 rings (SSSR count). The van der Waals surface area contributed by atoms with Crippen molar-refractivity contribution in [3.05, 3.63) is 11.9 Å². The standard InChI is InChI=1S/C7H11N3O/c1-6-5-10(9-8-6)4-3-7(2)11/h5H,3-4H2,1-2H3. The average molecular weight is 153 g/mol. The van der Waals surface area contributed by atoms with Crippen LogP contribution in [0.15, 0.2) is 6.20 Å². The normalized spacial score (nSPS) is 10.0. The Bertz CT molecular complexity index is 254. The third kappa shape index (κ3) is 2.49. The highest BCUT2D eigenvalue weighted by molar-refractivity contribution is 5.75. The molecule has 1 aromatic heterocycles. The number of nitrogens with zero attached hydrogens (tertiary/aromatic N) is 3. The molecule has 0 amide bonds. The number of carbonyl (C=O) groups excluding carboxylic acids is 1. The Morgan fingerprint density at radius 2 is 2.45 bits per heavy atom. The molecular formula is C7H11N3O. The van der Waals surface area contributed by atoms with Gasteiger partial charge in [0.15, 0.2) is 0 Å². The van der Waals surface area contributed by atoms with Crippen LogP contribution < -0.4 is 0 Å². The Hall–Kier alpha value is -1.19. The van der Waals surface area contributed by atoms with Gasteiger partial charge in [-0.2, -0.15) is 0 Å². The molecular weight excluding hydrogens is 142 g/mol. The summed E-state index contributed by atoms with van der Waals surface area (Å²) in [5.74, 6) is 0.179. The third-order valence-electron chi connectivity index (χ3n) is 1.35. The predicted octanol–water partition coefficient (Wildman–Crippen LogP) is 0.566. The second-order valence-electron chi connectivity index (χ2n) is 2.58. The molecule has 4 heteroatoms. The Labute approximate surface area is 65.2 Å². The van der Waals surface area contributed by atoms with Crippen molar-refractivity contribution in [1.82, 2.24) is 15.0 Å². The number of aromatic nitrogens is 3. The van der Waals surface area contributed by atoms with Gasteiger partial charge < -0.3 is 0 Å². The lowest BCUT2D eigenvalue weighted by Crippen LogP contribution is -2.02. The molecule has 60 valence electrons. The number of hydrogen-bond donors (Lipinski definition) is 0. The van der Waals surface area contributed by atoms with Crippen molar-refractivity contribution in [2.45, 2.75) is 26.8 Å². The number of hydrogen-bond acceptors (Lipinski definition) is 3. The van der Waals surface area contributed by atoms with Gasteiger partial charge in [0.05, 0.1) is 5.69 Å². The molecule has 0 saturated heterocycles. The smallest absolute Gasteiger partial charge is 0.131 e. The Morgan fingerprint density at radius 1 is 1.73 bits per heavy atom. The van der Waals surface area contributed by atoms with Crippen LogP contribution in [0.4, 0.5) is 0 Å². The van der Waals surface area contributed by atoms with Crippen LogP contribution in [0.5, 0.6) is 0 Å². The summed E-state index contributed by atoms with van der Waals surface area (Å²) in [6, 6.07) is 0. The SMILES string of the molecule is CC(=O)CCn1cc(C)nn1. The zero-order chi connectivity index (χ0) is 8.27. The summed E-state index contributed by atoms with van der Waals surface area (Å²) in [5, 5.41) is 7.60. The number of ketones is 1. The molecule has 0 N–H and O–H groups in total. The van der Waals surface area contributed by atoms with Crippen molar-refractivity contribution < 1.29 is 4.79 Å². The Morgan fingerprint density at radius 3 is 2.91 bits per heavy atom. The van der Waals surface area contributed by atoms with E-state index in [4.69, 9.17) is 0 Å². The van der Waals surface area contributed by atoms with Gasteiger partial charge in [-0.1, -0.05) is 5.21 Å². The largest absolute Gasteiger partial charge is 0.300 e. The van der Waals surface area contributed by atoms with Crippen molar-refractivity contribution in [2.75, 3.05) is 0 Å². The van der Waals surface area contributed by atoms with Crippen LogP contribution in [0.1, 0.15) is 19.0 Å². The van der Waals surface area contributed by atoms with Gasteiger partial charge >= 0.3 is 0 Å². The van der Waals surface area contributed by atoms with Gasteiger partial charge in [0, 0.05) is 19.2 Å². The third-order valence-corrected chi connectivity index (χ3v) is 1.35. The molecule has 0 spiro atoms. The average Bonchev–Trinajstić information content (AvgIpc) is 2.31. The van der Waals surface area contributed by atoms with Gasteiger partial charge in [-0.15, -0.1) is 5.10 Å². The molecule has 0 aliphatic rings. The summed E-state index contributed by atoms with van der Waals surface area (Å²) in [5.41, 5.74) is 0.883. The lowest BCUT2D eigenvalue weighted by atomic mass is 10.3. The fourth-order valence-electron chi connectivity index (χ4n) is 0.777. The van der Waals surface area contributed by atoms with Crippen molar-refractivity contribution >= 4 is 5.78 Å². The summed E-state index contributed by atoms with van der Waals surface area (Å²) >= 11 is 0. The van der Waals surface area contributed by atoms with E-state index in [1.807, 2.05) is 13.1 Å². The van der Waals surface area contributed by atoms with Crippen LogP contribution >= 0.6 is 0 Å². The first-order valence-corrected chi connectivity index (χ1v) is 3.54. The molecule has 0 radical (unpaired) electrons. The zero-order valence-electron chi connectivity index (χ0n) is 6.74. The maximum atomic E-state index is 10.6. The second-order valence-corrected chi connectivity index (χ2v) is 2.58. The van der Waals surface area contributed by atoms with E-state index in [1.165, 1.54) is 0 Å².